The molecule has 1 saturated heterocycles. The molecule has 4 heterocycles. The van der Waals surface area contributed by atoms with Crippen LogP contribution in [0, 0.1) is 18.6 Å². The van der Waals surface area contributed by atoms with Crippen LogP contribution in [0.2, 0.25) is 0 Å². The van der Waals surface area contributed by atoms with E-state index >= 15 is 0 Å². The van der Waals surface area contributed by atoms with Crippen LogP contribution in [0.1, 0.15) is 45.3 Å². The monoisotopic (exact) mass is 486 g/mol. The van der Waals surface area contributed by atoms with E-state index < -0.39 is 52.3 Å². The van der Waals surface area contributed by atoms with Gasteiger partial charge in [-0.1, -0.05) is 12.2 Å². The van der Waals surface area contributed by atoms with Gasteiger partial charge in [0.15, 0.2) is 11.4 Å². The third-order valence-electron chi connectivity index (χ3n) is 6.85. The molecule has 2 bridgehead atoms. The molecule has 9 nitrogen and oxygen atoms in total. The summed E-state index contributed by atoms with van der Waals surface area (Å²) < 4.78 is 35.3. The number of pyridine rings is 1. The molecular formula is C24H24F2N4O5. The molecule has 0 saturated carbocycles. The van der Waals surface area contributed by atoms with Gasteiger partial charge in [0.25, 0.3) is 11.8 Å². The molecule has 2 N–H and O–H groups in total. The second-order valence-corrected chi connectivity index (χ2v) is 9.13. The van der Waals surface area contributed by atoms with Crippen molar-refractivity contribution in [2.45, 2.75) is 38.4 Å². The van der Waals surface area contributed by atoms with E-state index in [0.29, 0.717) is 25.2 Å². The van der Waals surface area contributed by atoms with E-state index in [2.05, 4.69) is 5.32 Å². The number of rotatable bonds is 3. The zero-order valence-electron chi connectivity index (χ0n) is 19.2. The standard InChI is InChI=1S/C24H24F2N4O5/c1-13-7-17(25)15(18(26)8-13)9-27-22(33)16-10-29-19(21(32)20(16)31)23(34)28-12-30(29)24(4-3-14(28)2)5-6-35-11-24/h3-4,7-8,10,14,32H,5-6,9,11-12H2,1-2H3,(H,27,33)/t14-,24-/m0/s1. The summed E-state index contributed by atoms with van der Waals surface area (Å²) in [5.74, 6) is -4.02. The molecule has 11 heteroatoms. The lowest BCUT2D eigenvalue weighted by molar-refractivity contribution is 0.0629. The number of aromatic nitrogens is 1. The summed E-state index contributed by atoms with van der Waals surface area (Å²) in [6, 6.07) is 1.98. The van der Waals surface area contributed by atoms with Crippen LogP contribution >= 0.6 is 0 Å². The van der Waals surface area contributed by atoms with Crippen LogP contribution in [0.15, 0.2) is 35.3 Å². The Labute approximate surface area is 199 Å². The molecule has 0 aliphatic carbocycles. The molecule has 3 aliphatic rings. The Morgan fingerprint density at radius 2 is 2.00 bits per heavy atom. The quantitative estimate of drug-likeness (QED) is 0.638. The molecule has 2 amide bonds. The number of fused-ring (bicyclic) bond motifs is 5. The molecule has 2 atom stereocenters. The zero-order chi connectivity index (χ0) is 25.1. The first kappa shape index (κ1) is 23.0. The summed E-state index contributed by atoms with van der Waals surface area (Å²) >= 11 is 0. The van der Waals surface area contributed by atoms with Gasteiger partial charge < -0.3 is 20.1 Å². The van der Waals surface area contributed by atoms with Crippen molar-refractivity contribution >= 4 is 11.8 Å². The highest BCUT2D eigenvalue weighted by atomic mass is 19.1. The number of hydrogen-bond donors (Lipinski definition) is 2. The average molecular weight is 486 g/mol. The van der Waals surface area contributed by atoms with Gasteiger partial charge in [0.05, 0.1) is 6.61 Å². The smallest absolute Gasteiger partial charge is 0.278 e. The maximum Gasteiger partial charge on any atom is 0.278 e. The Kier molecular flexibility index (Phi) is 5.39. The fourth-order valence-electron chi connectivity index (χ4n) is 4.80. The van der Waals surface area contributed by atoms with Gasteiger partial charge in [0, 0.05) is 37.4 Å². The van der Waals surface area contributed by atoms with Gasteiger partial charge in [-0.15, -0.1) is 0 Å². The maximum atomic E-state index is 14.2. The lowest BCUT2D eigenvalue weighted by Gasteiger charge is -2.46. The number of nitrogens with one attached hydrogen (secondary N) is 1. The van der Waals surface area contributed by atoms with Crippen molar-refractivity contribution in [3.8, 4) is 5.75 Å². The number of amides is 2. The Morgan fingerprint density at radius 1 is 1.29 bits per heavy atom. The van der Waals surface area contributed by atoms with E-state index in [0.717, 1.165) is 12.1 Å². The van der Waals surface area contributed by atoms with Gasteiger partial charge >= 0.3 is 0 Å². The summed E-state index contributed by atoms with van der Waals surface area (Å²) in [6.07, 6.45) is 5.61. The van der Waals surface area contributed by atoms with E-state index in [-0.39, 0.29) is 24.0 Å². The molecule has 0 unspecified atom stereocenters. The number of ether oxygens (including phenoxy) is 1. The maximum absolute atomic E-state index is 14.2. The number of halogens is 2. The molecule has 1 aromatic heterocycles. The SMILES string of the molecule is Cc1cc(F)c(CNC(=O)c2cn3c(c(O)c2=O)C(=O)N2CN3[C@@]3(C=C[C@@H]2C)CCOC3)c(F)c1. The number of nitrogens with zero attached hydrogens (tertiary/aromatic N) is 3. The molecule has 0 radical (unpaired) electrons. The zero-order valence-corrected chi connectivity index (χ0v) is 19.2. The van der Waals surface area contributed by atoms with Crippen LogP contribution in [-0.2, 0) is 11.3 Å². The summed E-state index contributed by atoms with van der Waals surface area (Å²) in [5.41, 5.74) is -2.39. The molecule has 35 heavy (non-hydrogen) atoms. The van der Waals surface area contributed by atoms with Crippen LogP contribution in [0.25, 0.3) is 0 Å². The fraction of sp³-hybridized carbons (Fsp3) is 0.375. The van der Waals surface area contributed by atoms with Gasteiger partial charge in [-0.25, -0.2) is 8.78 Å². The summed E-state index contributed by atoms with van der Waals surface area (Å²) in [7, 11) is 0. The van der Waals surface area contributed by atoms with Gasteiger partial charge in [0.2, 0.25) is 5.43 Å². The fourth-order valence-corrected chi connectivity index (χ4v) is 4.80. The van der Waals surface area contributed by atoms with Crippen molar-refractivity contribution in [1.29, 1.82) is 0 Å². The topological polar surface area (TPSA) is 104 Å². The highest BCUT2D eigenvalue weighted by Gasteiger charge is 2.47. The minimum absolute atomic E-state index is 0.145. The van der Waals surface area contributed by atoms with Crippen molar-refractivity contribution in [3.05, 3.63) is 74.7 Å². The summed E-state index contributed by atoms with van der Waals surface area (Å²) in [5, 5.41) is 14.9. The largest absolute Gasteiger partial charge is 0.502 e. The van der Waals surface area contributed by atoms with E-state index in [1.54, 1.807) is 5.01 Å². The number of carbonyl (C=O) groups is 2. The second kappa shape index (κ2) is 8.19. The van der Waals surface area contributed by atoms with Crippen LogP contribution < -0.4 is 15.8 Å². The van der Waals surface area contributed by atoms with Gasteiger partial charge in [-0.05, 0) is 31.5 Å². The van der Waals surface area contributed by atoms with Crippen LogP contribution in [0.4, 0.5) is 8.78 Å². The molecular weight excluding hydrogens is 462 g/mol. The second-order valence-electron chi connectivity index (χ2n) is 9.13. The highest BCUT2D eigenvalue weighted by Crippen LogP contribution is 2.35. The Hall–Kier alpha value is -3.73. The first-order chi connectivity index (χ1) is 16.6. The summed E-state index contributed by atoms with van der Waals surface area (Å²) in [4.78, 5) is 40.5. The summed E-state index contributed by atoms with van der Waals surface area (Å²) in [6.45, 7) is 3.80. The van der Waals surface area contributed by atoms with Crippen LogP contribution in [0.3, 0.4) is 0 Å². The van der Waals surface area contributed by atoms with Crippen molar-refractivity contribution in [1.82, 2.24) is 14.9 Å². The molecule has 1 aromatic carbocycles. The third-order valence-corrected chi connectivity index (χ3v) is 6.85. The number of benzene rings is 1. The third kappa shape index (κ3) is 3.57. The van der Waals surface area contributed by atoms with Crippen LogP contribution in [0.5, 0.6) is 5.75 Å². The van der Waals surface area contributed by atoms with Crippen LogP contribution in [-0.4, -0.2) is 58.0 Å². The Morgan fingerprint density at radius 3 is 2.66 bits per heavy atom. The number of carbonyl (C=O) groups excluding carboxylic acids is 2. The Balaban J connectivity index is 1.55. The molecule has 2 aromatic rings. The minimum Gasteiger partial charge on any atom is -0.502 e. The van der Waals surface area contributed by atoms with E-state index in [9.17, 15) is 28.3 Å². The van der Waals surface area contributed by atoms with Gasteiger partial charge in [-0.2, -0.15) is 0 Å². The first-order valence-electron chi connectivity index (χ1n) is 11.2. The Bertz CT molecular complexity index is 1310. The van der Waals surface area contributed by atoms with Gasteiger partial charge in [0.1, 0.15) is 29.4 Å². The van der Waals surface area contributed by atoms with E-state index in [1.165, 1.54) is 22.7 Å². The molecule has 5 rings (SSSR count). The first-order valence-corrected chi connectivity index (χ1v) is 11.2. The predicted molar refractivity (Wildman–Crippen MR) is 121 cm³/mol. The normalized spacial score (nSPS) is 23.0. The average Bonchev–Trinajstić information content (AvgIpc) is 3.24. The van der Waals surface area contributed by atoms with Gasteiger partial charge in [-0.3, -0.25) is 24.1 Å². The number of aromatic hydroxyl groups is 1. The lowest BCUT2D eigenvalue weighted by atomic mass is 9.97. The lowest BCUT2D eigenvalue weighted by Crippen LogP contribution is -2.63. The molecule has 3 aliphatic heterocycles. The minimum atomic E-state index is -1.05. The molecule has 184 valence electrons. The number of aryl methyl sites for hydroxylation is 1. The van der Waals surface area contributed by atoms with Crippen molar-refractivity contribution < 1.29 is 28.2 Å². The molecule has 1 spiro atoms. The highest BCUT2D eigenvalue weighted by molar-refractivity contribution is 5.99. The number of hydrogen-bond acceptors (Lipinski definition) is 6. The van der Waals surface area contributed by atoms with Crippen molar-refractivity contribution in [2.75, 3.05) is 24.9 Å². The molecule has 1 fully saturated rings. The predicted octanol–water partition coefficient (Wildman–Crippen LogP) is 1.54. The van der Waals surface area contributed by atoms with Crippen molar-refractivity contribution in [3.63, 3.8) is 0 Å². The van der Waals surface area contributed by atoms with E-state index in [1.807, 2.05) is 19.1 Å². The van der Waals surface area contributed by atoms with Crippen molar-refractivity contribution in [2.24, 2.45) is 0 Å². The van der Waals surface area contributed by atoms with E-state index in [4.69, 9.17) is 4.74 Å².